The van der Waals surface area contributed by atoms with Gasteiger partial charge in [0.05, 0.1) is 23.2 Å². The molecule has 0 radical (unpaired) electrons. The van der Waals surface area contributed by atoms with Crippen LogP contribution in [0.25, 0.3) is 0 Å². The van der Waals surface area contributed by atoms with E-state index in [0.717, 1.165) is 22.5 Å². The fraction of sp³-hybridized carbons (Fsp3) is 0.500. The first kappa shape index (κ1) is 16.2. The van der Waals surface area contributed by atoms with E-state index in [1.807, 2.05) is 0 Å². The molecule has 5 nitrogen and oxygen atoms in total. The molecule has 1 unspecified atom stereocenters. The molecule has 1 aromatic rings. The van der Waals surface area contributed by atoms with Crippen LogP contribution in [0.5, 0.6) is 0 Å². The van der Waals surface area contributed by atoms with Gasteiger partial charge in [0.2, 0.25) is 10.0 Å². The third-order valence-corrected chi connectivity index (χ3v) is 5.10. The maximum absolute atomic E-state index is 13.0. The van der Waals surface area contributed by atoms with Gasteiger partial charge in [-0.3, -0.25) is 0 Å². The van der Waals surface area contributed by atoms with Crippen molar-refractivity contribution in [1.82, 2.24) is 4.31 Å². The summed E-state index contributed by atoms with van der Waals surface area (Å²) in [5.41, 5.74) is 4.25. The van der Waals surface area contributed by atoms with Crippen LogP contribution in [0.4, 0.5) is 13.2 Å². The summed E-state index contributed by atoms with van der Waals surface area (Å²) in [7, 11) is -4.24. The number of hydrogen-bond acceptors (Lipinski definition) is 4. The minimum absolute atomic E-state index is 0.00498. The summed E-state index contributed by atoms with van der Waals surface area (Å²) in [6.45, 7) is 0.165. The number of benzene rings is 1. The van der Waals surface area contributed by atoms with Crippen LogP contribution in [0.1, 0.15) is 5.56 Å². The van der Waals surface area contributed by atoms with Gasteiger partial charge in [0.1, 0.15) is 0 Å². The molecule has 1 saturated heterocycles. The number of hydrogen-bond donors (Lipinski definition) is 1. The van der Waals surface area contributed by atoms with Gasteiger partial charge in [-0.25, -0.2) is 8.42 Å². The average Bonchev–Trinajstić information content (AvgIpc) is 2.46. The zero-order chi connectivity index (χ0) is 15.7. The summed E-state index contributed by atoms with van der Waals surface area (Å²) < 4.78 is 70.0. The van der Waals surface area contributed by atoms with Crippen LogP contribution in [0, 0.1) is 0 Å². The van der Waals surface area contributed by atoms with Crippen LogP contribution in [-0.2, 0) is 20.9 Å². The Balaban J connectivity index is 2.41. The molecule has 118 valence electrons. The molecular formula is C12H15F3N2O3S. The lowest BCUT2D eigenvalue weighted by Crippen LogP contribution is -2.48. The van der Waals surface area contributed by atoms with E-state index in [0.29, 0.717) is 0 Å². The molecule has 1 aromatic carbocycles. The molecule has 1 fully saturated rings. The predicted molar refractivity (Wildman–Crippen MR) is 69.0 cm³/mol. The molecule has 9 heteroatoms. The fourth-order valence-corrected chi connectivity index (χ4v) is 3.79. The van der Waals surface area contributed by atoms with Crippen molar-refractivity contribution in [3.8, 4) is 0 Å². The van der Waals surface area contributed by atoms with E-state index < -0.39 is 32.8 Å². The minimum Gasteiger partial charge on any atom is -0.374 e. The Morgan fingerprint density at radius 3 is 2.62 bits per heavy atom. The van der Waals surface area contributed by atoms with Crippen molar-refractivity contribution in [3.05, 3.63) is 29.8 Å². The Kier molecular flexibility index (Phi) is 4.57. The fourth-order valence-electron chi connectivity index (χ4n) is 2.12. The molecule has 2 N–H and O–H groups in total. The lowest BCUT2D eigenvalue weighted by Gasteiger charge is -2.32. The largest absolute Gasteiger partial charge is 0.417 e. The Labute approximate surface area is 120 Å². The number of ether oxygens (including phenoxy) is 1. The lowest BCUT2D eigenvalue weighted by atomic mass is 10.2. The molecule has 2 rings (SSSR count). The molecule has 21 heavy (non-hydrogen) atoms. The highest BCUT2D eigenvalue weighted by Gasteiger charge is 2.39. The third kappa shape index (κ3) is 3.37. The smallest absolute Gasteiger partial charge is 0.374 e. The maximum Gasteiger partial charge on any atom is 0.417 e. The molecule has 0 aliphatic carbocycles. The number of halogens is 3. The normalized spacial score (nSPS) is 21.4. The van der Waals surface area contributed by atoms with Crippen LogP contribution < -0.4 is 5.73 Å². The summed E-state index contributed by atoms with van der Waals surface area (Å²) in [5, 5.41) is 0. The summed E-state index contributed by atoms with van der Waals surface area (Å²) in [6.07, 6.45) is -5.24. The first-order valence-corrected chi connectivity index (χ1v) is 7.69. The molecule has 1 heterocycles. The number of rotatable bonds is 3. The van der Waals surface area contributed by atoms with Gasteiger partial charge in [-0.1, -0.05) is 12.1 Å². The highest BCUT2D eigenvalue weighted by atomic mass is 32.2. The quantitative estimate of drug-likeness (QED) is 0.902. The van der Waals surface area contributed by atoms with Crippen molar-refractivity contribution in [2.45, 2.75) is 17.2 Å². The molecular weight excluding hydrogens is 309 g/mol. The Bertz CT molecular complexity index is 604. The second kappa shape index (κ2) is 5.91. The summed E-state index contributed by atoms with van der Waals surface area (Å²) >= 11 is 0. The van der Waals surface area contributed by atoms with E-state index in [1.54, 1.807) is 0 Å². The summed E-state index contributed by atoms with van der Waals surface area (Å²) in [4.78, 5) is -0.741. The zero-order valence-corrected chi connectivity index (χ0v) is 11.8. The van der Waals surface area contributed by atoms with Gasteiger partial charge in [-0.2, -0.15) is 17.5 Å². The number of nitrogens with two attached hydrogens (primary N) is 1. The van der Waals surface area contributed by atoms with Crippen LogP contribution in [0.15, 0.2) is 29.2 Å². The van der Waals surface area contributed by atoms with E-state index in [9.17, 15) is 21.6 Å². The number of morpholine rings is 1. The predicted octanol–water partition coefficient (Wildman–Crippen LogP) is 1.05. The van der Waals surface area contributed by atoms with Gasteiger partial charge >= 0.3 is 6.18 Å². The van der Waals surface area contributed by atoms with Crippen molar-refractivity contribution in [1.29, 1.82) is 0 Å². The van der Waals surface area contributed by atoms with E-state index in [2.05, 4.69) is 0 Å². The van der Waals surface area contributed by atoms with Gasteiger partial charge < -0.3 is 10.5 Å². The first-order valence-electron chi connectivity index (χ1n) is 6.25. The molecule has 0 saturated carbocycles. The molecule has 0 spiro atoms. The highest BCUT2D eigenvalue weighted by molar-refractivity contribution is 7.89. The van der Waals surface area contributed by atoms with Gasteiger partial charge in [-0.15, -0.1) is 0 Å². The van der Waals surface area contributed by atoms with Gasteiger partial charge in [0.25, 0.3) is 0 Å². The topological polar surface area (TPSA) is 72.6 Å². The molecule has 0 aromatic heterocycles. The average molecular weight is 324 g/mol. The third-order valence-electron chi connectivity index (χ3n) is 3.17. The van der Waals surface area contributed by atoms with Crippen LogP contribution >= 0.6 is 0 Å². The monoisotopic (exact) mass is 324 g/mol. The standard InChI is InChI=1S/C12H15F3N2O3S/c13-12(14,15)10-3-1-2-4-11(10)21(18,19)17-5-6-20-9(7-16)8-17/h1-4,9H,5-8,16H2. The second-order valence-electron chi connectivity index (χ2n) is 4.59. The minimum atomic E-state index is -4.73. The van der Waals surface area contributed by atoms with Gasteiger partial charge in [0, 0.05) is 19.6 Å². The molecule has 1 aliphatic heterocycles. The first-order chi connectivity index (χ1) is 9.76. The van der Waals surface area contributed by atoms with Crippen molar-refractivity contribution in [2.24, 2.45) is 5.73 Å². The van der Waals surface area contributed by atoms with Crippen LogP contribution in [-0.4, -0.2) is 45.1 Å². The maximum atomic E-state index is 13.0. The van der Waals surface area contributed by atoms with E-state index in [1.165, 1.54) is 6.07 Å². The highest BCUT2D eigenvalue weighted by Crippen LogP contribution is 2.35. The lowest BCUT2D eigenvalue weighted by molar-refractivity contribution is -0.139. The SMILES string of the molecule is NCC1CN(S(=O)(=O)c2ccccc2C(F)(F)F)CCO1. The second-order valence-corrected chi connectivity index (χ2v) is 6.49. The van der Waals surface area contributed by atoms with E-state index in [-0.39, 0.29) is 26.2 Å². The van der Waals surface area contributed by atoms with E-state index in [4.69, 9.17) is 10.5 Å². The Morgan fingerprint density at radius 2 is 2.00 bits per heavy atom. The van der Waals surface area contributed by atoms with Crippen LogP contribution in [0.3, 0.4) is 0 Å². The Morgan fingerprint density at radius 1 is 1.33 bits per heavy atom. The Hall–Kier alpha value is -1.16. The van der Waals surface area contributed by atoms with Crippen molar-refractivity contribution < 1.29 is 26.3 Å². The van der Waals surface area contributed by atoms with Crippen LogP contribution in [0.2, 0.25) is 0 Å². The molecule has 0 amide bonds. The number of sulfonamides is 1. The van der Waals surface area contributed by atoms with Crippen molar-refractivity contribution in [2.75, 3.05) is 26.2 Å². The number of alkyl halides is 3. The van der Waals surface area contributed by atoms with E-state index >= 15 is 0 Å². The molecule has 0 bridgehead atoms. The van der Waals surface area contributed by atoms with Gasteiger partial charge in [-0.05, 0) is 12.1 Å². The number of nitrogens with zero attached hydrogens (tertiary/aromatic N) is 1. The summed E-state index contributed by atoms with van der Waals surface area (Å²) in [6, 6.07) is 4.14. The van der Waals surface area contributed by atoms with Crippen molar-refractivity contribution >= 4 is 10.0 Å². The van der Waals surface area contributed by atoms with Crippen molar-refractivity contribution in [3.63, 3.8) is 0 Å². The molecule has 1 atom stereocenters. The molecule has 1 aliphatic rings. The van der Waals surface area contributed by atoms with Gasteiger partial charge in [0.15, 0.2) is 0 Å². The zero-order valence-electron chi connectivity index (χ0n) is 11.0. The summed E-state index contributed by atoms with van der Waals surface area (Å²) in [5.74, 6) is 0.